The maximum absolute atomic E-state index is 13.8. The van der Waals surface area contributed by atoms with Crippen LogP contribution in [-0.4, -0.2) is 49.5 Å². The molecule has 3 aromatic rings. The fraction of sp³-hybridized carbons (Fsp3) is 0.400. The number of carbonyl (C=O) groups is 1. The molecule has 1 atom stereocenters. The second-order valence-electron chi connectivity index (χ2n) is 9.78. The first-order valence-corrected chi connectivity index (χ1v) is 14.8. The minimum absolute atomic E-state index is 0.0842. The molecule has 1 aliphatic heterocycles. The average molecular weight is 563 g/mol. The van der Waals surface area contributed by atoms with Crippen LogP contribution in [-0.2, 0) is 20.2 Å². The SMILES string of the molecule is COc1ccc(S(=O)(=O)N2CC(C(=O)Nc3nnc(SC(C)C)s3)Oc3ccc(C(C)(C)C)cc32)cc1. The van der Waals surface area contributed by atoms with Crippen molar-refractivity contribution in [2.45, 2.75) is 60.6 Å². The van der Waals surface area contributed by atoms with Gasteiger partial charge in [0, 0.05) is 5.25 Å². The van der Waals surface area contributed by atoms with E-state index < -0.39 is 22.0 Å². The maximum atomic E-state index is 13.8. The van der Waals surface area contributed by atoms with Crippen LogP contribution >= 0.6 is 23.1 Å². The van der Waals surface area contributed by atoms with Gasteiger partial charge in [0.05, 0.1) is 24.2 Å². The van der Waals surface area contributed by atoms with Crippen molar-refractivity contribution in [1.82, 2.24) is 10.2 Å². The van der Waals surface area contributed by atoms with E-state index in [1.807, 2.05) is 46.8 Å². The van der Waals surface area contributed by atoms with E-state index in [0.29, 0.717) is 27.6 Å². The van der Waals surface area contributed by atoms with Crippen LogP contribution in [0.1, 0.15) is 40.2 Å². The van der Waals surface area contributed by atoms with Gasteiger partial charge in [0.2, 0.25) is 5.13 Å². The lowest BCUT2D eigenvalue weighted by Crippen LogP contribution is -2.49. The summed E-state index contributed by atoms with van der Waals surface area (Å²) < 4.78 is 40.8. The zero-order valence-electron chi connectivity index (χ0n) is 21.5. The van der Waals surface area contributed by atoms with Crippen molar-refractivity contribution in [3.8, 4) is 11.5 Å². The number of aromatic nitrogens is 2. The Morgan fingerprint density at radius 2 is 1.89 bits per heavy atom. The van der Waals surface area contributed by atoms with Crippen LogP contribution in [0.2, 0.25) is 0 Å². The second kappa shape index (κ2) is 10.5. The fourth-order valence-corrected chi connectivity index (χ4v) is 7.10. The molecule has 2 aromatic carbocycles. The molecule has 1 aromatic heterocycles. The third kappa shape index (κ3) is 6.02. The lowest BCUT2D eigenvalue weighted by atomic mass is 9.86. The summed E-state index contributed by atoms with van der Waals surface area (Å²) in [6, 6.07) is 11.6. The minimum atomic E-state index is -4.02. The molecule has 0 saturated heterocycles. The molecule has 1 N–H and O–H groups in total. The summed E-state index contributed by atoms with van der Waals surface area (Å²) in [5.41, 5.74) is 1.11. The van der Waals surface area contributed by atoms with Crippen LogP contribution in [0.3, 0.4) is 0 Å². The predicted molar refractivity (Wildman–Crippen MR) is 147 cm³/mol. The summed E-state index contributed by atoms with van der Waals surface area (Å²) in [4.78, 5) is 13.3. The van der Waals surface area contributed by atoms with Gasteiger partial charge in [0.15, 0.2) is 10.4 Å². The number of thioether (sulfide) groups is 1. The Labute approximate surface area is 225 Å². The Bertz CT molecular complexity index is 1380. The molecule has 12 heteroatoms. The standard InChI is InChI=1S/C25H30N4O5S3/c1-15(2)35-24-28-27-23(36-24)26-22(30)21-14-29(37(31,32)18-10-8-17(33-6)9-11-18)19-13-16(25(3,4)5)7-12-20(19)34-21/h7-13,15,21H,14H2,1-6H3,(H,26,27,30). The third-order valence-electron chi connectivity index (χ3n) is 5.61. The number of ether oxygens (including phenoxy) is 2. The molecule has 0 radical (unpaired) electrons. The normalized spacial score (nSPS) is 15.8. The first kappa shape index (κ1) is 27.2. The van der Waals surface area contributed by atoms with Gasteiger partial charge in [-0.05, 0) is 47.4 Å². The summed E-state index contributed by atoms with van der Waals surface area (Å²) in [6.07, 6.45) is -1.09. The number of anilines is 2. The highest BCUT2D eigenvalue weighted by molar-refractivity contribution is 8.01. The topological polar surface area (TPSA) is 111 Å². The Morgan fingerprint density at radius 3 is 2.51 bits per heavy atom. The zero-order valence-corrected chi connectivity index (χ0v) is 24.0. The molecular weight excluding hydrogens is 532 g/mol. The van der Waals surface area contributed by atoms with E-state index in [9.17, 15) is 13.2 Å². The van der Waals surface area contributed by atoms with Gasteiger partial charge in [0.1, 0.15) is 11.5 Å². The lowest BCUT2D eigenvalue weighted by Gasteiger charge is -2.35. The number of hydrogen-bond acceptors (Lipinski definition) is 9. The van der Waals surface area contributed by atoms with Gasteiger partial charge < -0.3 is 9.47 Å². The first-order valence-electron chi connectivity index (χ1n) is 11.7. The van der Waals surface area contributed by atoms with E-state index in [0.717, 1.165) is 9.90 Å². The number of hydrogen-bond donors (Lipinski definition) is 1. The third-order valence-corrected chi connectivity index (χ3v) is 9.33. The molecule has 2 heterocycles. The van der Waals surface area contributed by atoms with Crippen LogP contribution in [0.15, 0.2) is 51.7 Å². The van der Waals surface area contributed by atoms with Crippen molar-refractivity contribution >= 4 is 49.8 Å². The number of nitrogens with zero attached hydrogens (tertiary/aromatic N) is 3. The molecule has 37 heavy (non-hydrogen) atoms. The van der Waals surface area contributed by atoms with Crippen molar-refractivity contribution in [1.29, 1.82) is 0 Å². The Kier molecular flexibility index (Phi) is 7.72. The second-order valence-corrected chi connectivity index (χ2v) is 14.4. The summed E-state index contributed by atoms with van der Waals surface area (Å²) in [6.45, 7) is 10.0. The van der Waals surface area contributed by atoms with Gasteiger partial charge in [-0.1, -0.05) is 63.8 Å². The van der Waals surface area contributed by atoms with Crippen LogP contribution in [0.5, 0.6) is 11.5 Å². The van der Waals surface area contributed by atoms with Crippen LogP contribution in [0, 0.1) is 0 Å². The van der Waals surface area contributed by atoms with Crippen molar-refractivity contribution < 1.29 is 22.7 Å². The molecule has 0 spiro atoms. The molecule has 0 fully saturated rings. The van der Waals surface area contributed by atoms with E-state index >= 15 is 0 Å². The van der Waals surface area contributed by atoms with Crippen molar-refractivity contribution in [2.24, 2.45) is 0 Å². The molecule has 1 unspecified atom stereocenters. The summed E-state index contributed by atoms with van der Waals surface area (Å²) in [5.74, 6) is 0.350. The Morgan fingerprint density at radius 1 is 1.19 bits per heavy atom. The van der Waals surface area contributed by atoms with E-state index in [1.54, 1.807) is 30.0 Å². The van der Waals surface area contributed by atoms with Crippen molar-refractivity contribution in [2.75, 3.05) is 23.3 Å². The lowest BCUT2D eigenvalue weighted by molar-refractivity contribution is -0.122. The Balaban J connectivity index is 1.68. The molecule has 0 bridgehead atoms. The number of methoxy groups -OCH3 is 1. The van der Waals surface area contributed by atoms with E-state index in [1.165, 1.54) is 34.9 Å². The molecule has 0 saturated carbocycles. The fourth-order valence-electron chi connectivity index (χ4n) is 3.65. The Hall–Kier alpha value is -2.83. The molecule has 198 valence electrons. The molecule has 0 aliphatic carbocycles. The first-order chi connectivity index (χ1) is 17.4. The minimum Gasteiger partial charge on any atom is -0.497 e. The van der Waals surface area contributed by atoms with Gasteiger partial charge >= 0.3 is 0 Å². The number of rotatable bonds is 7. The van der Waals surface area contributed by atoms with Crippen LogP contribution < -0.4 is 19.1 Å². The summed E-state index contributed by atoms with van der Waals surface area (Å²) >= 11 is 2.81. The number of nitrogens with one attached hydrogen (secondary N) is 1. The zero-order chi connectivity index (χ0) is 27.0. The monoisotopic (exact) mass is 562 g/mol. The molecule has 4 rings (SSSR count). The van der Waals surface area contributed by atoms with Gasteiger partial charge in [0.25, 0.3) is 15.9 Å². The molecule has 9 nitrogen and oxygen atoms in total. The van der Waals surface area contributed by atoms with Crippen LogP contribution in [0.25, 0.3) is 0 Å². The van der Waals surface area contributed by atoms with Gasteiger partial charge in [-0.3, -0.25) is 14.4 Å². The molecule has 1 amide bonds. The van der Waals surface area contributed by atoms with E-state index in [2.05, 4.69) is 15.5 Å². The van der Waals surface area contributed by atoms with Crippen molar-refractivity contribution in [3.05, 3.63) is 48.0 Å². The highest BCUT2D eigenvalue weighted by Gasteiger charge is 2.38. The van der Waals surface area contributed by atoms with Crippen molar-refractivity contribution in [3.63, 3.8) is 0 Å². The van der Waals surface area contributed by atoms with Gasteiger partial charge in [-0.25, -0.2) is 8.42 Å². The predicted octanol–water partition coefficient (Wildman–Crippen LogP) is 4.94. The smallest absolute Gasteiger partial charge is 0.269 e. The summed E-state index contributed by atoms with van der Waals surface area (Å²) in [7, 11) is -2.51. The number of carbonyl (C=O) groups excluding carboxylic acids is 1. The van der Waals surface area contributed by atoms with Crippen LogP contribution in [0.4, 0.5) is 10.8 Å². The van der Waals surface area contributed by atoms with Gasteiger partial charge in [-0.2, -0.15) is 0 Å². The average Bonchev–Trinajstić information content (AvgIpc) is 3.28. The number of amides is 1. The molecule has 1 aliphatic rings. The number of sulfonamides is 1. The summed E-state index contributed by atoms with van der Waals surface area (Å²) in [5, 5.41) is 11.5. The quantitative estimate of drug-likeness (QED) is 0.319. The van der Waals surface area contributed by atoms with E-state index in [4.69, 9.17) is 9.47 Å². The van der Waals surface area contributed by atoms with E-state index in [-0.39, 0.29) is 16.9 Å². The highest BCUT2D eigenvalue weighted by Crippen LogP contribution is 2.40. The largest absolute Gasteiger partial charge is 0.497 e. The number of benzene rings is 2. The maximum Gasteiger partial charge on any atom is 0.269 e. The van der Waals surface area contributed by atoms with Gasteiger partial charge in [-0.15, -0.1) is 10.2 Å². The number of fused-ring (bicyclic) bond motifs is 1. The molecular formula is C25H30N4O5S3. The highest BCUT2D eigenvalue weighted by atomic mass is 32.2.